The lowest BCUT2D eigenvalue weighted by Crippen LogP contribution is -2.12. The number of halogens is 1. The Bertz CT molecular complexity index is 781. The van der Waals surface area contributed by atoms with Crippen LogP contribution in [-0.4, -0.2) is 12.5 Å². The minimum absolute atomic E-state index is 0.365. The quantitative estimate of drug-likeness (QED) is 0.590. The standard InChI is InChI=1S/C24H30ClNO3/c25-22-15-20(24(26)27)11-14-23(22)29-17-19-9-12-21(13-10-19)28-16-18-7-5-3-1-2-4-6-8-18/h9-15,18H,1-8,16-17H2,(H2,26,27). The molecule has 0 aliphatic heterocycles. The van der Waals surface area contributed by atoms with Crippen molar-refractivity contribution >= 4 is 17.5 Å². The highest BCUT2D eigenvalue weighted by atomic mass is 35.5. The molecular weight excluding hydrogens is 386 g/mol. The number of carbonyl (C=O) groups is 1. The molecule has 1 amide bonds. The highest BCUT2D eigenvalue weighted by Crippen LogP contribution is 2.27. The molecular formula is C24H30ClNO3. The lowest BCUT2D eigenvalue weighted by molar-refractivity contribution is 0.1000. The van der Waals surface area contributed by atoms with Gasteiger partial charge in [0, 0.05) is 5.56 Å². The van der Waals surface area contributed by atoms with E-state index in [4.69, 9.17) is 26.8 Å². The van der Waals surface area contributed by atoms with Crippen LogP contribution in [0.5, 0.6) is 11.5 Å². The maximum Gasteiger partial charge on any atom is 0.248 e. The van der Waals surface area contributed by atoms with Crippen molar-refractivity contribution in [2.75, 3.05) is 6.61 Å². The van der Waals surface area contributed by atoms with Crippen LogP contribution in [0.2, 0.25) is 5.02 Å². The SMILES string of the molecule is NC(=O)c1ccc(OCc2ccc(OCC3CCCCCCCC3)cc2)c(Cl)c1. The van der Waals surface area contributed by atoms with Crippen LogP contribution in [0.3, 0.4) is 0 Å². The maximum atomic E-state index is 11.2. The largest absolute Gasteiger partial charge is 0.493 e. The van der Waals surface area contributed by atoms with Gasteiger partial charge in [-0.15, -0.1) is 0 Å². The Kier molecular flexibility index (Phi) is 8.24. The van der Waals surface area contributed by atoms with Crippen molar-refractivity contribution in [1.82, 2.24) is 0 Å². The van der Waals surface area contributed by atoms with Crippen LogP contribution in [0.25, 0.3) is 0 Å². The van der Waals surface area contributed by atoms with Gasteiger partial charge in [0.15, 0.2) is 0 Å². The van der Waals surface area contributed by atoms with Gasteiger partial charge in [0.25, 0.3) is 0 Å². The maximum absolute atomic E-state index is 11.2. The highest BCUT2D eigenvalue weighted by Gasteiger charge is 2.12. The van der Waals surface area contributed by atoms with Gasteiger partial charge in [0.05, 0.1) is 11.6 Å². The first-order valence-corrected chi connectivity index (χ1v) is 10.9. The summed E-state index contributed by atoms with van der Waals surface area (Å²) >= 11 is 6.16. The summed E-state index contributed by atoms with van der Waals surface area (Å²) in [6.07, 6.45) is 10.7. The molecule has 29 heavy (non-hydrogen) atoms. The molecule has 0 radical (unpaired) electrons. The molecule has 0 heterocycles. The first-order valence-electron chi connectivity index (χ1n) is 10.6. The zero-order valence-corrected chi connectivity index (χ0v) is 17.6. The minimum Gasteiger partial charge on any atom is -0.493 e. The fourth-order valence-electron chi connectivity index (χ4n) is 3.71. The van der Waals surface area contributed by atoms with E-state index in [2.05, 4.69) is 0 Å². The molecule has 2 aromatic carbocycles. The normalized spacial score (nSPS) is 15.8. The molecule has 2 N–H and O–H groups in total. The second kappa shape index (κ2) is 11.1. The Morgan fingerprint density at radius 2 is 1.59 bits per heavy atom. The Labute approximate surface area is 178 Å². The van der Waals surface area contributed by atoms with Crippen molar-refractivity contribution in [2.45, 2.75) is 58.0 Å². The number of rotatable bonds is 7. The van der Waals surface area contributed by atoms with E-state index in [-0.39, 0.29) is 0 Å². The molecule has 0 saturated heterocycles. The van der Waals surface area contributed by atoms with Crippen molar-refractivity contribution in [2.24, 2.45) is 11.7 Å². The van der Waals surface area contributed by atoms with Gasteiger partial charge in [-0.3, -0.25) is 4.79 Å². The van der Waals surface area contributed by atoms with Gasteiger partial charge in [-0.05, 0) is 54.7 Å². The van der Waals surface area contributed by atoms with Crippen molar-refractivity contribution in [3.05, 3.63) is 58.6 Å². The first kappa shape index (κ1) is 21.5. The molecule has 0 unspecified atom stereocenters. The van der Waals surface area contributed by atoms with E-state index in [9.17, 15) is 4.79 Å². The molecule has 0 aromatic heterocycles. The fourth-order valence-corrected chi connectivity index (χ4v) is 3.95. The number of primary amides is 1. The van der Waals surface area contributed by atoms with Crippen LogP contribution < -0.4 is 15.2 Å². The Balaban J connectivity index is 1.48. The van der Waals surface area contributed by atoms with Crippen LogP contribution in [-0.2, 0) is 6.61 Å². The second-order valence-electron chi connectivity index (χ2n) is 7.82. The van der Waals surface area contributed by atoms with Crippen LogP contribution in [0, 0.1) is 5.92 Å². The summed E-state index contributed by atoms with van der Waals surface area (Å²) in [5, 5.41) is 0.372. The summed E-state index contributed by atoms with van der Waals surface area (Å²) in [6, 6.07) is 12.8. The summed E-state index contributed by atoms with van der Waals surface area (Å²) in [7, 11) is 0. The Hall–Kier alpha value is -2.20. The van der Waals surface area contributed by atoms with Crippen molar-refractivity contribution in [3.8, 4) is 11.5 Å². The fraction of sp³-hybridized carbons (Fsp3) is 0.458. The molecule has 1 aliphatic rings. The van der Waals surface area contributed by atoms with Crippen LogP contribution in [0.4, 0.5) is 0 Å². The van der Waals surface area contributed by atoms with Gasteiger partial charge in [-0.1, -0.05) is 62.3 Å². The summed E-state index contributed by atoms with van der Waals surface area (Å²) in [5.74, 6) is 1.58. The van der Waals surface area contributed by atoms with E-state index in [1.807, 2.05) is 24.3 Å². The predicted octanol–water partition coefficient (Wildman–Crippen LogP) is 6.15. The summed E-state index contributed by atoms with van der Waals surface area (Å²) < 4.78 is 11.8. The highest BCUT2D eigenvalue weighted by molar-refractivity contribution is 6.32. The monoisotopic (exact) mass is 415 g/mol. The molecule has 0 bridgehead atoms. The average molecular weight is 416 g/mol. The Morgan fingerprint density at radius 3 is 2.21 bits per heavy atom. The van der Waals surface area contributed by atoms with Gasteiger partial charge < -0.3 is 15.2 Å². The zero-order valence-electron chi connectivity index (χ0n) is 16.9. The van der Waals surface area contributed by atoms with E-state index < -0.39 is 5.91 Å². The number of amides is 1. The van der Waals surface area contributed by atoms with Crippen LogP contribution in [0.1, 0.15) is 67.3 Å². The molecule has 3 rings (SSSR count). The molecule has 0 spiro atoms. The molecule has 0 atom stereocenters. The minimum atomic E-state index is -0.510. The molecule has 4 nitrogen and oxygen atoms in total. The van der Waals surface area contributed by atoms with Gasteiger partial charge in [0.2, 0.25) is 5.91 Å². The predicted molar refractivity (Wildman–Crippen MR) is 117 cm³/mol. The number of carbonyl (C=O) groups excluding carboxylic acids is 1. The zero-order chi connectivity index (χ0) is 20.5. The summed E-state index contributed by atoms with van der Waals surface area (Å²) in [4.78, 5) is 11.2. The molecule has 1 saturated carbocycles. The third-order valence-corrected chi connectivity index (χ3v) is 5.79. The number of hydrogen-bond acceptors (Lipinski definition) is 3. The molecule has 5 heteroatoms. The van der Waals surface area contributed by atoms with Gasteiger partial charge in [-0.25, -0.2) is 0 Å². The molecule has 156 valence electrons. The number of nitrogens with two attached hydrogens (primary N) is 1. The van der Waals surface area contributed by atoms with Crippen molar-refractivity contribution in [1.29, 1.82) is 0 Å². The molecule has 1 aliphatic carbocycles. The topological polar surface area (TPSA) is 61.6 Å². The summed E-state index contributed by atoms with van der Waals surface area (Å²) in [5.41, 5.74) is 6.64. The second-order valence-corrected chi connectivity index (χ2v) is 8.22. The van der Waals surface area contributed by atoms with Gasteiger partial charge in [0.1, 0.15) is 18.1 Å². The van der Waals surface area contributed by atoms with Crippen LogP contribution >= 0.6 is 11.6 Å². The number of ether oxygens (including phenoxy) is 2. The third-order valence-electron chi connectivity index (χ3n) is 5.49. The first-order chi connectivity index (χ1) is 14.1. The van der Waals surface area contributed by atoms with E-state index in [0.717, 1.165) is 17.9 Å². The lowest BCUT2D eigenvalue weighted by atomic mass is 9.98. The third kappa shape index (κ3) is 6.97. The molecule has 1 fully saturated rings. The van der Waals surface area contributed by atoms with Gasteiger partial charge in [-0.2, -0.15) is 0 Å². The van der Waals surface area contributed by atoms with Gasteiger partial charge >= 0.3 is 0 Å². The number of benzene rings is 2. The Morgan fingerprint density at radius 1 is 0.931 bits per heavy atom. The van der Waals surface area contributed by atoms with E-state index >= 15 is 0 Å². The van der Waals surface area contributed by atoms with E-state index in [0.29, 0.717) is 28.9 Å². The van der Waals surface area contributed by atoms with E-state index in [1.165, 1.54) is 57.4 Å². The average Bonchev–Trinajstić information content (AvgIpc) is 2.86. The van der Waals surface area contributed by atoms with Crippen molar-refractivity contribution in [3.63, 3.8) is 0 Å². The van der Waals surface area contributed by atoms with E-state index in [1.54, 1.807) is 12.1 Å². The van der Waals surface area contributed by atoms with Crippen LogP contribution in [0.15, 0.2) is 42.5 Å². The van der Waals surface area contributed by atoms with Crippen molar-refractivity contribution < 1.29 is 14.3 Å². The lowest BCUT2D eigenvalue weighted by Gasteiger charge is -2.17. The summed E-state index contributed by atoms with van der Waals surface area (Å²) in [6.45, 7) is 1.19. The molecule has 2 aromatic rings. The number of hydrogen-bond donors (Lipinski definition) is 1. The smallest absolute Gasteiger partial charge is 0.248 e.